The highest BCUT2D eigenvalue weighted by molar-refractivity contribution is 5.78. The first-order chi connectivity index (χ1) is 12.7. The Morgan fingerprint density at radius 3 is 2.85 bits per heavy atom. The number of benzene rings is 1. The summed E-state index contributed by atoms with van der Waals surface area (Å²) in [4.78, 5) is 18.9. The van der Waals surface area contributed by atoms with Gasteiger partial charge in [0, 0.05) is 25.3 Å². The number of aromatic nitrogens is 1. The summed E-state index contributed by atoms with van der Waals surface area (Å²) in [7, 11) is 1.61. The van der Waals surface area contributed by atoms with Crippen LogP contribution >= 0.6 is 0 Å². The maximum Gasteiger partial charge on any atom is 0.226 e. The molecule has 0 saturated carbocycles. The van der Waals surface area contributed by atoms with Crippen molar-refractivity contribution in [1.82, 2.24) is 15.2 Å². The van der Waals surface area contributed by atoms with Gasteiger partial charge < -0.3 is 15.0 Å². The number of hydrogen-bond acceptors (Lipinski definition) is 4. The smallest absolute Gasteiger partial charge is 0.226 e. The molecule has 1 saturated heterocycles. The predicted molar refractivity (Wildman–Crippen MR) is 102 cm³/mol. The van der Waals surface area contributed by atoms with Gasteiger partial charge >= 0.3 is 0 Å². The van der Waals surface area contributed by atoms with Crippen LogP contribution in [0.2, 0.25) is 0 Å². The lowest BCUT2D eigenvalue weighted by Crippen LogP contribution is -2.32. The van der Waals surface area contributed by atoms with Gasteiger partial charge in [0.25, 0.3) is 0 Å². The minimum absolute atomic E-state index is 0.0328. The molecule has 0 bridgehead atoms. The predicted octanol–water partition coefficient (Wildman–Crippen LogP) is 2.31. The summed E-state index contributed by atoms with van der Waals surface area (Å²) < 4.78 is 5.08. The van der Waals surface area contributed by atoms with Gasteiger partial charge in [-0.3, -0.25) is 9.78 Å². The minimum Gasteiger partial charge on any atom is -0.495 e. The zero-order valence-electron chi connectivity index (χ0n) is 15.4. The van der Waals surface area contributed by atoms with E-state index in [-0.39, 0.29) is 5.91 Å². The molecule has 26 heavy (non-hydrogen) atoms. The quantitative estimate of drug-likeness (QED) is 0.791. The molecule has 1 N–H and O–H groups in total. The molecule has 5 heteroatoms. The Balaban J connectivity index is 1.35. The zero-order chi connectivity index (χ0) is 18.2. The summed E-state index contributed by atoms with van der Waals surface area (Å²) in [6, 6.07) is 14.3. The van der Waals surface area contributed by atoms with Gasteiger partial charge in [0.15, 0.2) is 0 Å². The van der Waals surface area contributed by atoms with Crippen LogP contribution in [0.15, 0.2) is 48.7 Å². The maximum absolute atomic E-state index is 12.1. The number of carbonyl (C=O) groups is 1. The fourth-order valence-corrected chi connectivity index (χ4v) is 3.34. The normalized spacial score (nSPS) is 17.2. The molecule has 0 aliphatic carbocycles. The third kappa shape index (κ3) is 5.56. The molecular formula is C21H27N3O2. The molecule has 1 atom stereocenters. The first kappa shape index (κ1) is 18.4. The maximum atomic E-state index is 12.1. The number of hydrogen-bond donors (Lipinski definition) is 1. The number of nitrogens with one attached hydrogen (secondary N) is 1. The Labute approximate surface area is 155 Å². The highest BCUT2D eigenvalue weighted by Gasteiger charge is 2.22. The van der Waals surface area contributed by atoms with Crippen molar-refractivity contribution in [3.8, 4) is 5.75 Å². The van der Waals surface area contributed by atoms with E-state index in [9.17, 15) is 4.79 Å². The second kappa shape index (κ2) is 9.34. The highest BCUT2D eigenvalue weighted by Crippen LogP contribution is 2.16. The van der Waals surface area contributed by atoms with E-state index >= 15 is 0 Å². The van der Waals surface area contributed by atoms with Gasteiger partial charge in [-0.2, -0.15) is 0 Å². The van der Waals surface area contributed by atoms with Crippen molar-refractivity contribution in [2.75, 3.05) is 33.3 Å². The second-order valence-electron chi connectivity index (χ2n) is 6.86. The average molecular weight is 353 g/mol. The Bertz CT molecular complexity index is 688. The summed E-state index contributed by atoms with van der Waals surface area (Å²) in [5.74, 6) is 1.28. The van der Waals surface area contributed by atoms with Gasteiger partial charge in [-0.15, -0.1) is 0 Å². The molecule has 2 heterocycles. The van der Waals surface area contributed by atoms with Crippen LogP contribution in [0.5, 0.6) is 5.75 Å². The lowest BCUT2D eigenvalue weighted by molar-refractivity contribution is -0.120. The van der Waals surface area contributed by atoms with Crippen molar-refractivity contribution in [3.63, 3.8) is 0 Å². The Morgan fingerprint density at radius 2 is 2.12 bits per heavy atom. The summed E-state index contributed by atoms with van der Waals surface area (Å²) in [6.07, 6.45) is 4.19. The lowest BCUT2D eigenvalue weighted by Gasteiger charge is -2.16. The molecular weight excluding hydrogens is 326 g/mol. The number of pyridine rings is 1. The van der Waals surface area contributed by atoms with Gasteiger partial charge in [0.05, 0.1) is 19.7 Å². The van der Waals surface area contributed by atoms with Crippen molar-refractivity contribution >= 4 is 5.91 Å². The van der Waals surface area contributed by atoms with Crippen LogP contribution < -0.4 is 10.1 Å². The summed E-state index contributed by atoms with van der Waals surface area (Å²) in [5.41, 5.74) is 2.15. The van der Waals surface area contributed by atoms with Crippen LogP contribution in [-0.2, 0) is 17.6 Å². The van der Waals surface area contributed by atoms with E-state index in [1.165, 1.54) is 5.56 Å². The number of nitrogens with zero attached hydrogens (tertiary/aromatic N) is 2. The zero-order valence-corrected chi connectivity index (χ0v) is 15.4. The average Bonchev–Trinajstić information content (AvgIpc) is 3.14. The summed E-state index contributed by atoms with van der Waals surface area (Å²) in [5, 5.41) is 3.06. The largest absolute Gasteiger partial charge is 0.495 e. The molecule has 1 aromatic carbocycles. The summed E-state index contributed by atoms with van der Waals surface area (Å²) >= 11 is 0. The van der Waals surface area contributed by atoms with Gasteiger partial charge in [-0.1, -0.05) is 30.3 Å². The van der Waals surface area contributed by atoms with E-state index in [0.717, 1.165) is 44.7 Å². The molecule has 0 spiro atoms. The second-order valence-corrected chi connectivity index (χ2v) is 6.86. The standard InChI is InChI=1S/C21H27N3O2/c1-26-20-8-7-19(22-15-20)13-21(25)23-14-18-10-12-24(16-18)11-9-17-5-3-2-4-6-17/h2-8,15,18H,9-14,16H2,1H3,(H,23,25). The van der Waals surface area contributed by atoms with Gasteiger partial charge in [0.2, 0.25) is 5.91 Å². The third-order valence-corrected chi connectivity index (χ3v) is 4.89. The molecule has 5 nitrogen and oxygen atoms in total. The fraction of sp³-hybridized carbons (Fsp3) is 0.429. The van der Waals surface area contributed by atoms with Gasteiger partial charge in [-0.25, -0.2) is 0 Å². The molecule has 0 radical (unpaired) electrons. The van der Waals surface area contributed by atoms with Crippen molar-refractivity contribution in [2.24, 2.45) is 5.92 Å². The molecule has 3 rings (SSSR count). The van der Waals surface area contributed by atoms with Crippen molar-refractivity contribution in [2.45, 2.75) is 19.3 Å². The highest BCUT2D eigenvalue weighted by atomic mass is 16.5. The van der Waals surface area contributed by atoms with Crippen LogP contribution in [-0.4, -0.2) is 49.1 Å². The number of amides is 1. The SMILES string of the molecule is COc1ccc(CC(=O)NCC2CCN(CCc3ccccc3)C2)nc1. The Morgan fingerprint density at radius 1 is 1.27 bits per heavy atom. The number of carbonyl (C=O) groups excluding carboxylic acids is 1. The number of rotatable bonds is 8. The van der Waals surface area contributed by atoms with Crippen molar-refractivity contribution in [1.29, 1.82) is 0 Å². The fourth-order valence-electron chi connectivity index (χ4n) is 3.34. The lowest BCUT2D eigenvalue weighted by atomic mass is 10.1. The van der Waals surface area contributed by atoms with Crippen molar-refractivity contribution in [3.05, 3.63) is 59.9 Å². The molecule has 1 fully saturated rings. The Kier molecular flexibility index (Phi) is 6.61. The van der Waals surface area contributed by atoms with E-state index in [2.05, 4.69) is 45.5 Å². The molecule has 138 valence electrons. The van der Waals surface area contributed by atoms with E-state index in [1.54, 1.807) is 13.3 Å². The number of ether oxygens (including phenoxy) is 1. The first-order valence-corrected chi connectivity index (χ1v) is 9.25. The van der Waals surface area contributed by atoms with Crippen molar-refractivity contribution < 1.29 is 9.53 Å². The van der Waals surface area contributed by atoms with Gasteiger partial charge in [-0.05, 0) is 43.0 Å². The number of likely N-dealkylation sites (tertiary alicyclic amines) is 1. The van der Waals surface area contributed by atoms with Crippen LogP contribution in [0.4, 0.5) is 0 Å². The van der Waals surface area contributed by atoms with Gasteiger partial charge in [0.1, 0.15) is 5.75 Å². The minimum atomic E-state index is 0.0328. The molecule has 1 amide bonds. The molecule has 1 aliphatic rings. The Hall–Kier alpha value is -2.40. The third-order valence-electron chi connectivity index (χ3n) is 4.89. The van der Waals surface area contributed by atoms with E-state index < -0.39 is 0 Å². The first-order valence-electron chi connectivity index (χ1n) is 9.25. The van der Waals surface area contributed by atoms with E-state index in [1.807, 2.05) is 12.1 Å². The van der Waals surface area contributed by atoms with E-state index in [4.69, 9.17) is 4.74 Å². The number of methoxy groups -OCH3 is 1. The molecule has 1 aliphatic heterocycles. The molecule has 1 unspecified atom stereocenters. The summed E-state index contributed by atoms with van der Waals surface area (Å²) in [6.45, 7) is 4.02. The van der Waals surface area contributed by atoms with Crippen LogP contribution in [0.3, 0.4) is 0 Å². The molecule has 1 aromatic heterocycles. The van der Waals surface area contributed by atoms with Crippen LogP contribution in [0.1, 0.15) is 17.7 Å². The molecule has 2 aromatic rings. The van der Waals surface area contributed by atoms with E-state index in [0.29, 0.717) is 18.1 Å². The van der Waals surface area contributed by atoms with Crippen LogP contribution in [0, 0.1) is 5.92 Å². The monoisotopic (exact) mass is 353 g/mol. The van der Waals surface area contributed by atoms with Crippen LogP contribution in [0.25, 0.3) is 0 Å². The topological polar surface area (TPSA) is 54.5 Å².